The van der Waals surface area contributed by atoms with Gasteiger partial charge in [0, 0.05) is 17.7 Å². The number of rotatable bonds is 3. The molecule has 0 saturated heterocycles. The lowest BCUT2D eigenvalue weighted by Crippen LogP contribution is -2.27. The zero-order valence-corrected chi connectivity index (χ0v) is 19.0. The highest BCUT2D eigenvalue weighted by atomic mass is 35.5. The van der Waals surface area contributed by atoms with Gasteiger partial charge in [-0.05, 0) is 53.8 Å². The molecule has 3 aromatic rings. The number of anilines is 2. The Morgan fingerprint density at radius 1 is 0.906 bits per heavy atom. The molecule has 0 spiro atoms. The van der Waals surface area contributed by atoms with Crippen molar-refractivity contribution in [2.75, 3.05) is 17.7 Å². The van der Waals surface area contributed by atoms with Gasteiger partial charge in [-0.1, -0.05) is 59.6 Å². The molecule has 0 unspecified atom stereocenters. The van der Waals surface area contributed by atoms with E-state index in [1.165, 1.54) is 0 Å². The fourth-order valence-electron chi connectivity index (χ4n) is 4.58. The smallest absolute Gasteiger partial charge is 0.163 e. The second-order valence-electron chi connectivity index (χ2n) is 8.08. The first-order chi connectivity index (χ1) is 15.5. The lowest BCUT2D eigenvalue weighted by molar-refractivity contribution is -0.116. The molecule has 2 atom stereocenters. The van der Waals surface area contributed by atoms with Crippen molar-refractivity contribution in [3.63, 3.8) is 0 Å². The Kier molecular flexibility index (Phi) is 5.58. The number of carbonyl (C=O) groups excluding carboxylic acids is 1. The van der Waals surface area contributed by atoms with Crippen molar-refractivity contribution < 1.29 is 9.53 Å². The quantitative estimate of drug-likeness (QED) is 0.438. The number of ketones is 1. The number of para-hydroxylation sites is 2. The minimum absolute atomic E-state index is 0.0837. The van der Waals surface area contributed by atoms with Crippen LogP contribution in [0.2, 0.25) is 10.0 Å². The standard InChI is InChI=1S/C26H22Cl2N2O2/c1-32-17-11-9-15(10-12-17)16-13-22-24(23(31)14-16)26(18-5-4-6-19(27)25(18)28)30-21-8-3-2-7-20(21)29-22/h2-12,16,26,29-30H,13-14H2,1H3/t16-,26+/m1/s1. The average Bonchev–Trinajstić information content (AvgIpc) is 2.97. The van der Waals surface area contributed by atoms with E-state index < -0.39 is 6.04 Å². The molecule has 0 amide bonds. The summed E-state index contributed by atoms with van der Waals surface area (Å²) in [6.45, 7) is 0. The Hall–Kier alpha value is -2.95. The first kappa shape index (κ1) is 20.9. The van der Waals surface area contributed by atoms with Crippen molar-refractivity contribution in [3.05, 3.63) is 99.2 Å². The number of fused-ring (bicyclic) bond motifs is 1. The topological polar surface area (TPSA) is 50.4 Å². The molecule has 0 radical (unpaired) electrons. The molecule has 6 heteroatoms. The monoisotopic (exact) mass is 464 g/mol. The molecule has 2 N–H and O–H groups in total. The summed E-state index contributed by atoms with van der Waals surface area (Å²) < 4.78 is 5.28. The number of benzene rings is 3. The van der Waals surface area contributed by atoms with Crippen molar-refractivity contribution >= 4 is 40.4 Å². The molecule has 1 aliphatic carbocycles. The first-order valence-electron chi connectivity index (χ1n) is 10.5. The summed E-state index contributed by atoms with van der Waals surface area (Å²) in [4.78, 5) is 13.6. The second-order valence-corrected chi connectivity index (χ2v) is 8.87. The molecule has 5 rings (SSSR count). The Morgan fingerprint density at radius 2 is 1.66 bits per heavy atom. The van der Waals surface area contributed by atoms with E-state index in [0.29, 0.717) is 16.5 Å². The van der Waals surface area contributed by atoms with E-state index in [1.54, 1.807) is 13.2 Å². The van der Waals surface area contributed by atoms with Crippen LogP contribution in [-0.4, -0.2) is 12.9 Å². The van der Waals surface area contributed by atoms with Gasteiger partial charge in [-0.15, -0.1) is 0 Å². The fourth-order valence-corrected chi connectivity index (χ4v) is 5.00. The van der Waals surface area contributed by atoms with E-state index in [4.69, 9.17) is 27.9 Å². The van der Waals surface area contributed by atoms with Crippen LogP contribution in [0, 0.1) is 0 Å². The van der Waals surface area contributed by atoms with Gasteiger partial charge in [0.2, 0.25) is 0 Å². The molecule has 4 nitrogen and oxygen atoms in total. The maximum Gasteiger partial charge on any atom is 0.163 e. The summed E-state index contributed by atoms with van der Waals surface area (Å²) in [5.74, 6) is 0.985. The van der Waals surface area contributed by atoms with E-state index in [2.05, 4.69) is 10.6 Å². The van der Waals surface area contributed by atoms with Crippen molar-refractivity contribution in [2.45, 2.75) is 24.8 Å². The number of hydrogen-bond donors (Lipinski definition) is 2. The molecule has 1 heterocycles. The molecule has 3 aromatic carbocycles. The van der Waals surface area contributed by atoms with Gasteiger partial charge in [-0.25, -0.2) is 0 Å². The molecule has 32 heavy (non-hydrogen) atoms. The molecule has 0 bridgehead atoms. The highest BCUT2D eigenvalue weighted by molar-refractivity contribution is 6.42. The van der Waals surface area contributed by atoms with E-state index >= 15 is 0 Å². The minimum atomic E-state index is -0.392. The highest BCUT2D eigenvalue weighted by Crippen LogP contribution is 2.46. The number of allylic oxidation sites excluding steroid dienone is 1. The van der Waals surface area contributed by atoms with Gasteiger partial charge >= 0.3 is 0 Å². The van der Waals surface area contributed by atoms with Gasteiger partial charge in [0.05, 0.1) is 34.6 Å². The van der Waals surface area contributed by atoms with Gasteiger partial charge in [0.15, 0.2) is 5.78 Å². The van der Waals surface area contributed by atoms with Crippen LogP contribution in [0.15, 0.2) is 78.0 Å². The molecular weight excluding hydrogens is 443 g/mol. The molecule has 0 aromatic heterocycles. The summed E-state index contributed by atoms with van der Waals surface area (Å²) in [5.41, 5.74) is 5.40. The van der Waals surface area contributed by atoms with Crippen molar-refractivity contribution in [3.8, 4) is 5.75 Å². The van der Waals surface area contributed by atoms with E-state index in [1.807, 2.05) is 60.7 Å². The van der Waals surface area contributed by atoms with E-state index in [-0.39, 0.29) is 11.7 Å². The molecule has 0 fully saturated rings. The lowest BCUT2D eigenvalue weighted by Gasteiger charge is -2.30. The van der Waals surface area contributed by atoms with Gasteiger partial charge in [-0.2, -0.15) is 0 Å². The maximum atomic E-state index is 13.6. The summed E-state index contributed by atoms with van der Waals surface area (Å²) in [6.07, 6.45) is 1.15. The third-order valence-corrected chi connectivity index (χ3v) is 7.02. The van der Waals surface area contributed by atoms with Crippen LogP contribution in [-0.2, 0) is 4.79 Å². The van der Waals surface area contributed by atoms with Gasteiger partial charge in [-0.3, -0.25) is 4.79 Å². The number of nitrogens with one attached hydrogen (secondary N) is 2. The average molecular weight is 465 g/mol. The van der Waals surface area contributed by atoms with Crippen LogP contribution in [0.1, 0.15) is 35.9 Å². The van der Waals surface area contributed by atoms with E-state index in [0.717, 1.165) is 45.9 Å². The Morgan fingerprint density at radius 3 is 2.41 bits per heavy atom. The third kappa shape index (κ3) is 3.74. The third-order valence-electron chi connectivity index (χ3n) is 6.19. The summed E-state index contributed by atoms with van der Waals surface area (Å²) in [7, 11) is 1.65. The van der Waals surface area contributed by atoms with Crippen LogP contribution < -0.4 is 15.4 Å². The number of ether oxygens (including phenoxy) is 1. The number of carbonyl (C=O) groups is 1. The largest absolute Gasteiger partial charge is 0.497 e. The van der Waals surface area contributed by atoms with Crippen molar-refractivity contribution in [2.24, 2.45) is 0 Å². The number of hydrogen-bond acceptors (Lipinski definition) is 4. The number of methoxy groups -OCH3 is 1. The minimum Gasteiger partial charge on any atom is -0.497 e. The zero-order valence-electron chi connectivity index (χ0n) is 17.5. The number of Topliss-reactive ketones (excluding diaryl/α,β-unsaturated/α-hetero) is 1. The van der Waals surface area contributed by atoms with Crippen LogP contribution in [0.4, 0.5) is 11.4 Å². The summed E-state index contributed by atoms with van der Waals surface area (Å²) in [6, 6.07) is 21.1. The SMILES string of the molecule is COc1ccc([C@H]2CC(=O)C3=C(C2)Nc2ccccc2N[C@H]3c2cccc(Cl)c2Cl)cc1. The Bertz CT molecular complexity index is 1220. The van der Waals surface area contributed by atoms with Gasteiger partial charge in [0.1, 0.15) is 5.75 Å². The molecule has 0 saturated carbocycles. The summed E-state index contributed by atoms with van der Waals surface area (Å²) >= 11 is 12.9. The Labute approximate surface area is 197 Å². The molecule has 2 aliphatic rings. The molecule has 162 valence electrons. The maximum absolute atomic E-state index is 13.6. The van der Waals surface area contributed by atoms with Crippen LogP contribution >= 0.6 is 23.2 Å². The Balaban J connectivity index is 1.61. The van der Waals surface area contributed by atoms with Crippen molar-refractivity contribution in [1.29, 1.82) is 0 Å². The predicted octanol–water partition coefficient (Wildman–Crippen LogP) is 6.98. The zero-order chi connectivity index (χ0) is 22.2. The van der Waals surface area contributed by atoms with Crippen LogP contribution in [0.25, 0.3) is 0 Å². The second kappa shape index (κ2) is 8.53. The molecule has 1 aliphatic heterocycles. The van der Waals surface area contributed by atoms with E-state index in [9.17, 15) is 4.79 Å². The number of halogens is 2. The van der Waals surface area contributed by atoms with Crippen LogP contribution in [0.3, 0.4) is 0 Å². The van der Waals surface area contributed by atoms with Gasteiger partial charge < -0.3 is 15.4 Å². The fraction of sp³-hybridized carbons (Fsp3) is 0.192. The predicted molar refractivity (Wildman–Crippen MR) is 130 cm³/mol. The van der Waals surface area contributed by atoms with Gasteiger partial charge in [0.25, 0.3) is 0 Å². The first-order valence-corrected chi connectivity index (χ1v) is 11.3. The molecular formula is C26H22Cl2N2O2. The van der Waals surface area contributed by atoms with Crippen LogP contribution in [0.5, 0.6) is 5.75 Å². The lowest BCUT2D eigenvalue weighted by atomic mass is 9.78. The summed E-state index contributed by atoms with van der Waals surface area (Å²) in [5, 5.41) is 8.02. The van der Waals surface area contributed by atoms with Crippen molar-refractivity contribution in [1.82, 2.24) is 0 Å². The normalized spacial score (nSPS) is 19.9. The highest BCUT2D eigenvalue weighted by Gasteiger charge is 2.36.